The van der Waals surface area contributed by atoms with Gasteiger partial charge in [-0.05, 0) is 85.4 Å². The standard InChI is InChI=1S/C35H46N6O9/c42-15-24-7-21(8-25(16-43)32(24)48)1-4-36-13-30-39-31(14-37-5-2-22-9-26(17-44)33(49)27(10-22)18-45)41-35(40-30)38-6-3-23-11-28(19-46)34(50)29(12-23)20-47/h7-12,36-37,42-50H,1-6,13-20H2,(H,38,39,40,41). The third-order valence-electron chi connectivity index (χ3n) is 8.18. The monoisotopic (exact) mass is 694 g/mol. The smallest absolute Gasteiger partial charge is 0.226 e. The van der Waals surface area contributed by atoms with Gasteiger partial charge >= 0.3 is 0 Å². The number of phenols is 3. The summed E-state index contributed by atoms with van der Waals surface area (Å²) in [6.07, 6.45) is 1.59. The summed E-state index contributed by atoms with van der Waals surface area (Å²) in [5.41, 5.74) is 4.50. The van der Waals surface area contributed by atoms with Crippen LogP contribution in [-0.2, 0) is 72.0 Å². The molecule has 50 heavy (non-hydrogen) atoms. The van der Waals surface area contributed by atoms with Crippen LogP contribution < -0.4 is 16.0 Å². The van der Waals surface area contributed by atoms with E-state index in [1.165, 1.54) is 0 Å². The Morgan fingerprint density at radius 1 is 0.420 bits per heavy atom. The zero-order valence-electron chi connectivity index (χ0n) is 27.7. The average Bonchev–Trinajstić information content (AvgIpc) is 3.13. The molecule has 0 spiro atoms. The van der Waals surface area contributed by atoms with Crippen LogP contribution >= 0.6 is 0 Å². The van der Waals surface area contributed by atoms with Crippen LogP contribution in [0.25, 0.3) is 0 Å². The van der Waals surface area contributed by atoms with Gasteiger partial charge in [0.1, 0.15) is 28.9 Å². The quantitative estimate of drug-likeness (QED) is 0.0554. The maximum absolute atomic E-state index is 10.2. The Morgan fingerprint density at radius 2 is 0.720 bits per heavy atom. The first-order valence-corrected chi connectivity index (χ1v) is 16.3. The number of nitrogens with zero attached hydrogens (tertiary/aromatic N) is 3. The minimum Gasteiger partial charge on any atom is -0.507 e. The van der Waals surface area contributed by atoms with Crippen molar-refractivity contribution < 1.29 is 46.0 Å². The normalized spacial score (nSPS) is 11.3. The number of benzene rings is 3. The highest BCUT2D eigenvalue weighted by atomic mass is 16.3. The van der Waals surface area contributed by atoms with Gasteiger partial charge in [0.2, 0.25) is 5.95 Å². The molecule has 0 radical (unpaired) electrons. The maximum Gasteiger partial charge on any atom is 0.226 e. The molecule has 0 aliphatic rings. The molecule has 4 aromatic rings. The Balaban J connectivity index is 1.42. The minimum atomic E-state index is -0.365. The van der Waals surface area contributed by atoms with E-state index in [9.17, 15) is 46.0 Å². The first-order chi connectivity index (χ1) is 24.2. The lowest BCUT2D eigenvalue weighted by molar-refractivity contribution is 0.263. The van der Waals surface area contributed by atoms with E-state index in [-0.39, 0.29) is 56.9 Å². The van der Waals surface area contributed by atoms with Crippen LogP contribution in [0.2, 0.25) is 0 Å². The summed E-state index contributed by atoms with van der Waals surface area (Å²) < 4.78 is 0. The molecule has 0 atom stereocenters. The molecular weight excluding hydrogens is 648 g/mol. The van der Waals surface area contributed by atoms with Gasteiger partial charge in [-0.1, -0.05) is 0 Å². The predicted octanol–water partition coefficient (Wildman–Crippen LogP) is 0.261. The fourth-order valence-corrected chi connectivity index (χ4v) is 5.54. The molecule has 0 unspecified atom stereocenters. The molecule has 3 aromatic carbocycles. The summed E-state index contributed by atoms with van der Waals surface area (Å²) >= 11 is 0. The van der Waals surface area contributed by atoms with Gasteiger partial charge < -0.3 is 61.9 Å². The van der Waals surface area contributed by atoms with Gasteiger partial charge in [-0.25, -0.2) is 4.98 Å². The van der Waals surface area contributed by atoms with Crippen LogP contribution in [0.3, 0.4) is 0 Å². The fourth-order valence-electron chi connectivity index (χ4n) is 5.54. The molecule has 0 aliphatic carbocycles. The van der Waals surface area contributed by atoms with Gasteiger partial charge in [0.25, 0.3) is 0 Å². The zero-order chi connectivity index (χ0) is 36.0. The summed E-state index contributed by atoms with van der Waals surface area (Å²) in [5.74, 6) is 0.948. The van der Waals surface area contributed by atoms with Crippen LogP contribution in [-0.4, -0.2) is 80.5 Å². The maximum atomic E-state index is 10.2. The Morgan fingerprint density at radius 3 is 1.02 bits per heavy atom. The van der Waals surface area contributed by atoms with Crippen LogP contribution in [0.1, 0.15) is 61.7 Å². The van der Waals surface area contributed by atoms with Crippen molar-refractivity contribution >= 4 is 5.95 Å². The number of hydrogen-bond acceptors (Lipinski definition) is 15. The number of anilines is 1. The Kier molecular flexibility index (Phi) is 14.6. The van der Waals surface area contributed by atoms with E-state index in [1.807, 2.05) is 0 Å². The van der Waals surface area contributed by atoms with Gasteiger partial charge in [0.05, 0.1) is 52.7 Å². The Hall–Kier alpha value is -4.45. The number of aromatic nitrogens is 3. The van der Waals surface area contributed by atoms with Gasteiger partial charge in [-0.2, -0.15) is 9.97 Å². The lowest BCUT2D eigenvalue weighted by atomic mass is 10.0. The number of hydrogen-bond donors (Lipinski definition) is 12. The van der Waals surface area contributed by atoms with Crippen LogP contribution in [0.5, 0.6) is 17.2 Å². The molecule has 0 aliphatic heterocycles. The molecule has 0 saturated carbocycles. The SMILES string of the molecule is OCc1cc(CCNCc2nc(CNCCc3cc(CO)c(O)c(CO)c3)nc(NCCc3cc(CO)c(O)c(CO)c3)n2)cc(CO)c1O. The second kappa shape index (κ2) is 19.1. The molecule has 0 bridgehead atoms. The van der Waals surface area contributed by atoms with Crippen molar-refractivity contribution in [2.75, 3.05) is 25.0 Å². The minimum absolute atomic E-state index is 0.112. The van der Waals surface area contributed by atoms with Crippen molar-refractivity contribution in [2.24, 2.45) is 0 Å². The van der Waals surface area contributed by atoms with E-state index in [1.54, 1.807) is 36.4 Å². The highest BCUT2D eigenvalue weighted by molar-refractivity contribution is 5.45. The highest BCUT2D eigenvalue weighted by Gasteiger charge is 2.13. The third-order valence-corrected chi connectivity index (χ3v) is 8.18. The summed E-state index contributed by atoms with van der Waals surface area (Å²) in [6, 6.07) is 10.1. The number of rotatable bonds is 20. The molecule has 12 N–H and O–H groups in total. The van der Waals surface area contributed by atoms with Crippen molar-refractivity contribution in [3.8, 4) is 17.2 Å². The zero-order valence-corrected chi connectivity index (χ0v) is 27.7. The van der Waals surface area contributed by atoms with Crippen LogP contribution in [0, 0.1) is 0 Å². The van der Waals surface area contributed by atoms with E-state index in [0.29, 0.717) is 103 Å². The molecule has 1 aromatic heterocycles. The summed E-state index contributed by atoms with van der Waals surface area (Å²) in [6.45, 7) is -0.0728. The molecule has 0 saturated heterocycles. The Labute approximate surface area is 289 Å². The molecule has 0 amide bonds. The molecule has 1 heterocycles. The average molecular weight is 695 g/mol. The summed E-state index contributed by atoms with van der Waals surface area (Å²) in [4.78, 5) is 13.7. The third kappa shape index (κ3) is 10.3. The van der Waals surface area contributed by atoms with Gasteiger partial charge in [0, 0.05) is 39.9 Å². The second-order valence-electron chi connectivity index (χ2n) is 11.8. The van der Waals surface area contributed by atoms with Crippen molar-refractivity contribution in [1.29, 1.82) is 0 Å². The van der Waals surface area contributed by atoms with Crippen molar-refractivity contribution in [1.82, 2.24) is 25.6 Å². The Bertz CT molecular complexity index is 1560. The van der Waals surface area contributed by atoms with E-state index < -0.39 is 0 Å². The topological polar surface area (TPSA) is 257 Å². The van der Waals surface area contributed by atoms with Crippen LogP contribution in [0.4, 0.5) is 5.95 Å². The van der Waals surface area contributed by atoms with Crippen LogP contribution in [0.15, 0.2) is 36.4 Å². The second-order valence-corrected chi connectivity index (χ2v) is 11.8. The van der Waals surface area contributed by atoms with Gasteiger partial charge in [-0.15, -0.1) is 0 Å². The molecule has 4 rings (SSSR count). The fraction of sp³-hybridized carbons (Fsp3) is 0.400. The first-order valence-electron chi connectivity index (χ1n) is 16.3. The van der Waals surface area contributed by atoms with Crippen molar-refractivity contribution in [3.63, 3.8) is 0 Å². The summed E-state index contributed by atoms with van der Waals surface area (Å²) in [5, 5.41) is 97.7. The van der Waals surface area contributed by atoms with E-state index in [0.717, 1.165) is 16.7 Å². The largest absolute Gasteiger partial charge is 0.507 e. The number of nitrogens with one attached hydrogen (secondary N) is 3. The summed E-state index contributed by atoms with van der Waals surface area (Å²) in [7, 11) is 0. The molecule has 15 heteroatoms. The highest BCUT2D eigenvalue weighted by Crippen LogP contribution is 2.27. The van der Waals surface area contributed by atoms with E-state index in [2.05, 4.69) is 30.9 Å². The number of aromatic hydroxyl groups is 3. The number of aliphatic hydroxyl groups is 6. The molecule has 270 valence electrons. The first kappa shape index (κ1) is 38.4. The lowest BCUT2D eigenvalue weighted by Crippen LogP contribution is -2.23. The lowest BCUT2D eigenvalue weighted by Gasteiger charge is -2.13. The number of aliphatic hydroxyl groups excluding tert-OH is 6. The van der Waals surface area contributed by atoms with E-state index >= 15 is 0 Å². The van der Waals surface area contributed by atoms with Gasteiger partial charge in [-0.3, -0.25) is 0 Å². The molecular formula is C35H46N6O9. The van der Waals surface area contributed by atoms with Gasteiger partial charge in [0.15, 0.2) is 0 Å². The van der Waals surface area contributed by atoms with Crippen molar-refractivity contribution in [2.45, 2.75) is 72.0 Å². The molecule has 0 fully saturated rings. The molecule has 15 nitrogen and oxygen atoms in total. The van der Waals surface area contributed by atoms with Crippen molar-refractivity contribution in [3.05, 3.63) is 98.1 Å². The van der Waals surface area contributed by atoms with E-state index in [4.69, 9.17) is 0 Å². The predicted molar refractivity (Wildman–Crippen MR) is 183 cm³/mol.